The minimum atomic E-state index is -1.14. The maximum Gasteiger partial charge on any atom is 0.317 e. The van der Waals surface area contributed by atoms with Crippen LogP contribution in [0.15, 0.2) is 78.9 Å². The molecule has 0 saturated carbocycles. The molecule has 0 radical (unpaired) electrons. The van der Waals surface area contributed by atoms with Gasteiger partial charge in [0.05, 0.1) is 19.3 Å². The molecule has 0 unspecified atom stereocenters. The van der Waals surface area contributed by atoms with E-state index in [-0.39, 0.29) is 24.4 Å². The first kappa shape index (κ1) is 25.8. The molecular formula is C31H27ClN4O4. The van der Waals surface area contributed by atoms with E-state index in [0.717, 1.165) is 28.3 Å². The van der Waals surface area contributed by atoms with Gasteiger partial charge in [0.2, 0.25) is 12.0 Å². The summed E-state index contributed by atoms with van der Waals surface area (Å²) < 4.78 is 11.6. The minimum absolute atomic E-state index is 0.111. The average Bonchev–Trinajstić information content (AvgIpc) is 3.03. The number of β-lactam (4-membered cyclic amide) rings is 1. The van der Waals surface area contributed by atoms with Crippen LogP contribution < -0.4 is 14.4 Å². The number of fused-ring (bicyclic) bond motifs is 3. The molecule has 1 saturated heterocycles. The van der Waals surface area contributed by atoms with Gasteiger partial charge in [-0.25, -0.2) is 9.97 Å². The lowest BCUT2D eigenvalue weighted by Gasteiger charge is -2.55. The molecule has 3 aromatic carbocycles. The normalized spacial score (nSPS) is 19.9. The van der Waals surface area contributed by atoms with Gasteiger partial charge in [-0.3, -0.25) is 9.59 Å². The van der Waals surface area contributed by atoms with Crippen LogP contribution in [0.2, 0.25) is 5.02 Å². The van der Waals surface area contributed by atoms with Crippen molar-refractivity contribution in [2.24, 2.45) is 0 Å². The van der Waals surface area contributed by atoms with Gasteiger partial charge in [-0.15, -0.1) is 0 Å². The fraction of sp³-hybridized carbons (Fsp3) is 0.226. The number of amides is 2. The van der Waals surface area contributed by atoms with Crippen molar-refractivity contribution >= 4 is 29.1 Å². The first-order valence-electron chi connectivity index (χ1n) is 12.9. The third-order valence-corrected chi connectivity index (χ3v) is 7.68. The van der Waals surface area contributed by atoms with E-state index in [9.17, 15) is 9.59 Å². The maximum atomic E-state index is 13.9. The van der Waals surface area contributed by atoms with Crippen LogP contribution in [0.25, 0.3) is 0 Å². The van der Waals surface area contributed by atoms with Crippen molar-refractivity contribution in [3.63, 3.8) is 0 Å². The number of ether oxygens (including phenoxy) is 2. The Labute approximate surface area is 237 Å². The van der Waals surface area contributed by atoms with Crippen LogP contribution in [-0.2, 0) is 21.7 Å². The highest BCUT2D eigenvalue weighted by Gasteiger charge is 2.67. The second kappa shape index (κ2) is 9.95. The SMILES string of the molecule is COc1ccc(CN2C(=O)CN3C(=O)[C@@H](Oc4nc(C)cc(C)n4)[C@]3(c3ccccc3)c3cc(Cl)ccc32)cc1. The van der Waals surface area contributed by atoms with Gasteiger partial charge in [0.15, 0.2) is 0 Å². The van der Waals surface area contributed by atoms with Gasteiger partial charge in [0.25, 0.3) is 5.91 Å². The summed E-state index contributed by atoms with van der Waals surface area (Å²) in [6, 6.07) is 24.5. The molecule has 0 bridgehead atoms. The zero-order valence-corrected chi connectivity index (χ0v) is 23.1. The number of benzene rings is 3. The molecule has 1 aromatic heterocycles. The summed E-state index contributed by atoms with van der Waals surface area (Å²) in [4.78, 5) is 39.8. The summed E-state index contributed by atoms with van der Waals surface area (Å²) in [6.45, 7) is 3.86. The van der Waals surface area contributed by atoms with Crippen molar-refractivity contribution in [1.82, 2.24) is 14.9 Å². The number of hydrogen-bond acceptors (Lipinski definition) is 6. The van der Waals surface area contributed by atoms with E-state index >= 15 is 0 Å². The Morgan fingerprint density at radius 1 is 0.950 bits per heavy atom. The standard InChI is InChI=1S/C31H27ClN4O4/c1-19-15-20(2)34-30(33-19)40-28-29(38)36-18-27(37)35(17-21-9-12-24(39-3)13-10-21)26-14-11-23(32)16-25(26)31(28,36)22-7-5-4-6-8-22/h4-16,28H,17-18H2,1-3H3/t28-,31+/m1/s1. The van der Waals surface area contributed by atoms with E-state index in [0.29, 0.717) is 22.8 Å². The Bertz CT molecular complexity index is 1590. The molecule has 3 heterocycles. The topological polar surface area (TPSA) is 84.9 Å². The van der Waals surface area contributed by atoms with E-state index < -0.39 is 11.6 Å². The Morgan fingerprint density at radius 2 is 1.65 bits per heavy atom. The predicted octanol–water partition coefficient (Wildman–Crippen LogP) is 4.84. The molecule has 202 valence electrons. The number of carbonyl (C=O) groups excluding carboxylic acids is 2. The van der Waals surface area contributed by atoms with Gasteiger partial charge >= 0.3 is 6.01 Å². The molecule has 9 heteroatoms. The van der Waals surface area contributed by atoms with Gasteiger partial charge in [-0.05, 0) is 61.4 Å². The lowest BCUT2D eigenvalue weighted by molar-refractivity contribution is -0.178. The van der Waals surface area contributed by atoms with Gasteiger partial charge in [-0.1, -0.05) is 54.1 Å². The second-order valence-electron chi connectivity index (χ2n) is 9.98. The predicted molar refractivity (Wildman–Crippen MR) is 150 cm³/mol. The molecule has 8 nitrogen and oxygen atoms in total. The lowest BCUT2D eigenvalue weighted by Crippen LogP contribution is -2.74. The zero-order chi connectivity index (χ0) is 28.0. The van der Waals surface area contributed by atoms with Crippen molar-refractivity contribution < 1.29 is 19.1 Å². The summed E-state index contributed by atoms with van der Waals surface area (Å²) in [5.41, 5.74) is 3.38. The monoisotopic (exact) mass is 554 g/mol. The van der Waals surface area contributed by atoms with Crippen LogP contribution in [0.4, 0.5) is 5.69 Å². The van der Waals surface area contributed by atoms with Crippen molar-refractivity contribution in [1.29, 1.82) is 0 Å². The minimum Gasteiger partial charge on any atom is -0.497 e. The van der Waals surface area contributed by atoms with Gasteiger partial charge in [-0.2, -0.15) is 0 Å². The van der Waals surface area contributed by atoms with Crippen molar-refractivity contribution in [2.75, 3.05) is 18.6 Å². The molecule has 1 fully saturated rings. The largest absolute Gasteiger partial charge is 0.497 e. The summed E-state index contributed by atoms with van der Waals surface area (Å²) in [5.74, 6) is 0.188. The Kier molecular flexibility index (Phi) is 6.43. The summed E-state index contributed by atoms with van der Waals surface area (Å²) in [5, 5.41) is 0.480. The smallest absolute Gasteiger partial charge is 0.317 e. The van der Waals surface area contributed by atoms with Gasteiger partial charge in [0.1, 0.15) is 17.8 Å². The maximum absolute atomic E-state index is 13.9. The molecule has 0 aliphatic carbocycles. The molecule has 40 heavy (non-hydrogen) atoms. The Hall–Kier alpha value is -4.43. The third kappa shape index (κ3) is 4.16. The van der Waals surface area contributed by atoms with E-state index in [1.165, 1.54) is 0 Å². The summed E-state index contributed by atoms with van der Waals surface area (Å²) in [6.07, 6.45) is -1.01. The molecule has 2 aliphatic rings. The molecular weight excluding hydrogens is 528 g/mol. The molecule has 6 rings (SSSR count). The number of anilines is 1. The van der Waals surface area contributed by atoms with Crippen LogP contribution >= 0.6 is 11.6 Å². The van der Waals surface area contributed by atoms with E-state index in [2.05, 4.69) is 9.97 Å². The highest BCUT2D eigenvalue weighted by atomic mass is 35.5. The van der Waals surface area contributed by atoms with E-state index in [1.54, 1.807) is 23.0 Å². The summed E-state index contributed by atoms with van der Waals surface area (Å²) in [7, 11) is 1.61. The fourth-order valence-electron chi connectivity index (χ4n) is 5.69. The van der Waals surface area contributed by atoms with Crippen LogP contribution in [0, 0.1) is 13.8 Å². The fourth-order valence-corrected chi connectivity index (χ4v) is 5.86. The number of carbonyl (C=O) groups is 2. The molecule has 4 aromatic rings. The van der Waals surface area contributed by atoms with E-state index in [4.69, 9.17) is 21.1 Å². The van der Waals surface area contributed by atoms with E-state index in [1.807, 2.05) is 86.6 Å². The third-order valence-electron chi connectivity index (χ3n) is 7.45. The number of aryl methyl sites for hydroxylation is 2. The van der Waals surface area contributed by atoms with Crippen LogP contribution in [0.3, 0.4) is 0 Å². The highest BCUT2D eigenvalue weighted by molar-refractivity contribution is 6.30. The van der Waals surface area contributed by atoms with Crippen molar-refractivity contribution in [2.45, 2.75) is 32.0 Å². The number of nitrogens with zero attached hydrogens (tertiary/aromatic N) is 4. The quantitative estimate of drug-likeness (QED) is 0.317. The van der Waals surface area contributed by atoms with Crippen LogP contribution in [-0.4, -0.2) is 46.4 Å². The Morgan fingerprint density at radius 3 is 2.33 bits per heavy atom. The number of hydrogen-bond donors (Lipinski definition) is 0. The van der Waals surface area contributed by atoms with Crippen molar-refractivity contribution in [3.8, 4) is 11.8 Å². The first-order valence-corrected chi connectivity index (χ1v) is 13.3. The number of rotatable bonds is 6. The number of aromatic nitrogens is 2. The lowest BCUT2D eigenvalue weighted by atomic mass is 9.69. The highest BCUT2D eigenvalue weighted by Crippen LogP contribution is 2.53. The second-order valence-corrected chi connectivity index (χ2v) is 10.4. The zero-order valence-electron chi connectivity index (χ0n) is 22.3. The molecule has 2 aliphatic heterocycles. The Balaban J connectivity index is 1.53. The number of halogens is 1. The molecule has 0 spiro atoms. The van der Waals surface area contributed by atoms with Crippen LogP contribution in [0.1, 0.15) is 28.1 Å². The van der Waals surface area contributed by atoms with Gasteiger partial charge < -0.3 is 19.3 Å². The first-order chi connectivity index (χ1) is 19.3. The molecule has 2 amide bonds. The van der Waals surface area contributed by atoms with Crippen LogP contribution in [0.5, 0.6) is 11.8 Å². The number of methoxy groups -OCH3 is 1. The molecule has 0 N–H and O–H groups in total. The summed E-state index contributed by atoms with van der Waals surface area (Å²) >= 11 is 6.59. The molecule has 2 atom stereocenters. The average molecular weight is 555 g/mol. The van der Waals surface area contributed by atoms with Crippen molar-refractivity contribution in [3.05, 3.63) is 112 Å². The van der Waals surface area contributed by atoms with Gasteiger partial charge in [0, 0.05) is 22.0 Å².